The molecule has 0 saturated heterocycles. The third kappa shape index (κ3) is 3.28. The monoisotopic (exact) mass is 398 g/mol. The van der Waals surface area contributed by atoms with E-state index in [1.807, 2.05) is 60.1 Å². The Morgan fingerprint density at radius 2 is 1.93 bits per heavy atom. The first-order valence-corrected chi connectivity index (χ1v) is 10.2. The lowest BCUT2D eigenvalue weighted by Gasteiger charge is -2.07. The number of nitrogens with one attached hydrogen (secondary N) is 1. The molecule has 0 saturated carbocycles. The van der Waals surface area contributed by atoms with E-state index in [-0.39, 0.29) is 5.91 Å². The van der Waals surface area contributed by atoms with Crippen molar-refractivity contribution in [2.75, 3.05) is 5.32 Å². The van der Waals surface area contributed by atoms with Crippen LogP contribution in [0.2, 0.25) is 0 Å². The van der Waals surface area contributed by atoms with Gasteiger partial charge >= 0.3 is 0 Å². The van der Waals surface area contributed by atoms with Crippen LogP contribution in [0.25, 0.3) is 21.0 Å². The van der Waals surface area contributed by atoms with Crippen LogP contribution in [0.15, 0.2) is 73.1 Å². The molecule has 1 amide bonds. The number of carbonyl (C=O) groups excluding carboxylic acids is 1. The molecule has 0 radical (unpaired) electrons. The zero-order valence-corrected chi connectivity index (χ0v) is 16.6. The first kappa shape index (κ1) is 17.6. The molecule has 2 aromatic carbocycles. The summed E-state index contributed by atoms with van der Waals surface area (Å²) in [6.45, 7) is 2.67. The summed E-state index contributed by atoms with van der Waals surface area (Å²) >= 11 is 1.47. The van der Waals surface area contributed by atoms with Crippen LogP contribution >= 0.6 is 11.3 Å². The van der Waals surface area contributed by atoms with Crippen molar-refractivity contribution in [1.29, 1.82) is 0 Å². The minimum absolute atomic E-state index is 0.110. The molecule has 0 fully saturated rings. The fraction of sp³-hybridized carbons (Fsp3) is 0.0870. The van der Waals surface area contributed by atoms with Crippen molar-refractivity contribution in [2.24, 2.45) is 0 Å². The molecular weight excluding hydrogens is 380 g/mol. The normalized spacial score (nSPS) is 11.2. The van der Waals surface area contributed by atoms with Crippen LogP contribution in [-0.2, 0) is 6.54 Å². The number of rotatable bonds is 4. The van der Waals surface area contributed by atoms with Gasteiger partial charge in [-0.25, -0.2) is 0 Å². The summed E-state index contributed by atoms with van der Waals surface area (Å²) in [5.74, 6) is -0.110. The van der Waals surface area contributed by atoms with Crippen molar-refractivity contribution in [1.82, 2.24) is 14.8 Å². The van der Waals surface area contributed by atoms with Crippen LogP contribution in [0.5, 0.6) is 0 Å². The van der Waals surface area contributed by atoms with Gasteiger partial charge in [-0.05, 0) is 30.7 Å². The van der Waals surface area contributed by atoms with Gasteiger partial charge in [0, 0.05) is 34.2 Å². The second-order valence-corrected chi connectivity index (χ2v) is 7.95. The fourth-order valence-electron chi connectivity index (χ4n) is 3.50. The molecule has 0 aliphatic rings. The van der Waals surface area contributed by atoms with Crippen molar-refractivity contribution in [3.63, 3.8) is 0 Å². The minimum Gasteiger partial charge on any atom is -0.321 e. The van der Waals surface area contributed by atoms with Crippen LogP contribution in [0.3, 0.4) is 0 Å². The Morgan fingerprint density at radius 3 is 2.79 bits per heavy atom. The lowest BCUT2D eigenvalue weighted by Crippen LogP contribution is -2.10. The van der Waals surface area contributed by atoms with E-state index in [4.69, 9.17) is 0 Å². The molecule has 29 heavy (non-hydrogen) atoms. The number of amides is 1. The first-order chi connectivity index (χ1) is 14.2. The maximum atomic E-state index is 13.0. The van der Waals surface area contributed by atoms with Gasteiger partial charge < -0.3 is 5.32 Å². The largest absolute Gasteiger partial charge is 0.321 e. The molecule has 3 aromatic heterocycles. The Kier molecular flexibility index (Phi) is 4.33. The highest BCUT2D eigenvalue weighted by molar-refractivity contribution is 7.20. The van der Waals surface area contributed by atoms with Gasteiger partial charge in [0.15, 0.2) is 0 Å². The Balaban J connectivity index is 1.47. The highest BCUT2D eigenvalue weighted by Gasteiger charge is 2.17. The van der Waals surface area contributed by atoms with Gasteiger partial charge in [0.25, 0.3) is 5.91 Å². The molecule has 0 bridgehead atoms. The van der Waals surface area contributed by atoms with Crippen LogP contribution in [0.4, 0.5) is 5.69 Å². The molecule has 0 spiro atoms. The fourth-order valence-corrected chi connectivity index (χ4v) is 4.56. The molecule has 0 unspecified atom stereocenters. The van der Waals surface area contributed by atoms with E-state index in [0.29, 0.717) is 11.4 Å². The van der Waals surface area contributed by atoms with E-state index >= 15 is 0 Å². The molecule has 0 atom stereocenters. The summed E-state index contributed by atoms with van der Waals surface area (Å²) in [7, 11) is 0. The molecule has 1 N–H and O–H groups in total. The third-order valence-corrected chi connectivity index (χ3v) is 6.08. The second-order valence-electron chi connectivity index (χ2n) is 6.91. The lowest BCUT2D eigenvalue weighted by molar-refractivity contribution is 0.103. The first-order valence-electron chi connectivity index (χ1n) is 9.34. The van der Waals surface area contributed by atoms with Crippen LogP contribution in [0.1, 0.15) is 20.9 Å². The van der Waals surface area contributed by atoms with Crippen LogP contribution < -0.4 is 5.32 Å². The van der Waals surface area contributed by atoms with Crippen molar-refractivity contribution in [3.05, 3.63) is 89.2 Å². The predicted molar refractivity (Wildman–Crippen MR) is 118 cm³/mol. The average Bonchev–Trinajstić information content (AvgIpc) is 3.31. The number of fused-ring (bicyclic) bond motifs is 2. The number of pyridine rings is 1. The van der Waals surface area contributed by atoms with Crippen molar-refractivity contribution >= 4 is 43.9 Å². The van der Waals surface area contributed by atoms with E-state index in [1.165, 1.54) is 16.9 Å². The van der Waals surface area contributed by atoms with E-state index in [9.17, 15) is 4.79 Å². The van der Waals surface area contributed by atoms with Gasteiger partial charge in [0.2, 0.25) is 0 Å². The number of hydrogen-bond acceptors (Lipinski definition) is 4. The summed E-state index contributed by atoms with van der Waals surface area (Å²) < 4.78 is 1.98. The maximum Gasteiger partial charge on any atom is 0.265 e. The zero-order chi connectivity index (χ0) is 19.8. The predicted octanol–water partition coefficient (Wildman–Crippen LogP) is 5.26. The Morgan fingerprint density at radius 1 is 1.07 bits per heavy atom. The number of aromatic nitrogens is 3. The zero-order valence-electron chi connectivity index (χ0n) is 15.8. The third-order valence-electron chi connectivity index (χ3n) is 4.94. The Labute approximate surface area is 171 Å². The number of nitrogens with zero attached hydrogens (tertiary/aromatic N) is 3. The van der Waals surface area contributed by atoms with E-state index in [0.717, 1.165) is 32.4 Å². The lowest BCUT2D eigenvalue weighted by atomic mass is 10.1. The number of thiophene rings is 1. The summed E-state index contributed by atoms with van der Waals surface area (Å²) in [4.78, 5) is 18.8. The molecule has 3 heterocycles. The minimum atomic E-state index is -0.110. The summed E-state index contributed by atoms with van der Waals surface area (Å²) in [5, 5.41) is 10.7. The number of hydrogen-bond donors (Lipinski definition) is 1. The average molecular weight is 398 g/mol. The second kappa shape index (κ2) is 7.14. The molecular formula is C23H18N4OS. The quantitative estimate of drug-likeness (QED) is 0.449. The molecule has 5 rings (SSSR count). The molecule has 5 aromatic rings. The Bertz CT molecular complexity index is 1330. The van der Waals surface area contributed by atoms with Crippen LogP contribution in [0, 0.1) is 6.92 Å². The molecule has 6 heteroatoms. The standard InChI is InChI=1S/C23H18N4OS/c1-15-19-12-21(29-23(19)27(26-15)14-16-6-3-2-4-7-16)22(28)25-20-9-5-8-17-13-24-11-10-18(17)20/h2-13H,14H2,1H3,(H,25,28). The van der Waals surface area contributed by atoms with E-state index < -0.39 is 0 Å². The van der Waals surface area contributed by atoms with E-state index in [2.05, 4.69) is 27.5 Å². The summed E-state index contributed by atoms with van der Waals surface area (Å²) in [6.07, 6.45) is 3.53. The van der Waals surface area contributed by atoms with Crippen molar-refractivity contribution in [2.45, 2.75) is 13.5 Å². The SMILES string of the molecule is Cc1nn(Cc2ccccc2)c2sc(C(=O)Nc3cccc4cnccc34)cc12. The van der Waals surface area contributed by atoms with Gasteiger partial charge in [-0.1, -0.05) is 42.5 Å². The van der Waals surface area contributed by atoms with Gasteiger partial charge in [-0.3, -0.25) is 14.5 Å². The highest BCUT2D eigenvalue weighted by Crippen LogP contribution is 2.30. The van der Waals surface area contributed by atoms with Gasteiger partial charge in [0.1, 0.15) is 4.83 Å². The van der Waals surface area contributed by atoms with Gasteiger partial charge in [-0.2, -0.15) is 5.10 Å². The van der Waals surface area contributed by atoms with Crippen LogP contribution in [-0.4, -0.2) is 20.7 Å². The maximum absolute atomic E-state index is 13.0. The molecule has 0 aliphatic carbocycles. The number of carbonyl (C=O) groups is 1. The van der Waals surface area contributed by atoms with Gasteiger partial charge in [0.05, 0.1) is 17.1 Å². The number of aryl methyl sites for hydroxylation is 1. The number of anilines is 1. The van der Waals surface area contributed by atoms with Crippen molar-refractivity contribution in [3.8, 4) is 0 Å². The van der Waals surface area contributed by atoms with Crippen molar-refractivity contribution < 1.29 is 4.79 Å². The molecule has 142 valence electrons. The smallest absolute Gasteiger partial charge is 0.265 e. The summed E-state index contributed by atoms with van der Waals surface area (Å²) in [6, 6.07) is 19.9. The topological polar surface area (TPSA) is 59.8 Å². The summed E-state index contributed by atoms with van der Waals surface area (Å²) in [5.41, 5.74) is 2.90. The van der Waals surface area contributed by atoms with Gasteiger partial charge in [-0.15, -0.1) is 11.3 Å². The highest BCUT2D eigenvalue weighted by atomic mass is 32.1. The number of benzene rings is 2. The molecule has 5 nitrogen and oxygen atoms in total. The molecule has 0 aliphatic heterocycles. The van der Waals surface area contributed by atoms with E-state index in [1.54, 1.807) is 12.4 Å². The Hall–Kier alpha value is -3.51.